The van der Waals surface area contributed by atoms with Gasteiger partial charge >= 0.3 is 11.8 Å². The van der Waals surface area contributed by atoms with Gasteiger partial charge in [-0.3, -0.25) is 9.59 Å². The highest BCUT2D eigenvalue weighted by Crippen LogP contribution is 2.20. The van der Waals surface area contributed by atoms with Gasteiger partial charge in [-0.15, -0.1) is 0 Å². The van der Waals surface area contributed by atoms with Gasteiger partial charge in [-0.05, 0) is 41.4 Å². The van der Waals surface area contributed by atoms with Crippen molar-refractivity contribution in [3.8, 4) is 0 Å². The summed E-state index contributed by atoms with van der Waals surface area (Å²) in [5.41, 5.74) is -0.492. The van der Waals surface area contributed by atoms with Crippen molar-refractivity contribution >= 4 is 33.4 Å². The summed E-state index contributed by atoms with van der Waals surface area (Å²) in [6, 6.07) is 6.99. The summed E-state index contributed by atoms with van der Waals surface area (Å²) in [7, 11) is 0. The van der Waals surface area contributed by atoms with E-state index in [2.05, 4.69) is 26.6 Å². The maximum absolute atomic E-state index is 11.6. The molecule has 0 aliphatic heterocycles. The molecule has 0 fully saturated rings. The van der Waals surface area contributed by atoms with Crippen LogP contribution in [0.2, 0.25) is 0 Å². The van der Waals surface area contributed by atoms with Crippen molar-refractivity contribution in [3.63, 3.8) is 0 Å². The number of anilines is 1. The number of hydrogen-bond acceptors (Lipinski definition) is 3. The van der Waals surface area contributed by atoms with E-state index >= 15 is 0 Å². The minimum absolute atomic E-state index is 0.0334. The van der Waals surface area contributed by atoms with Gasteiger partial charge in [-0.2, -0.15) is 0 Å². The molecule has 0 saturated heterocycles. The van der Waals surface area contributed by atoms with E-state index in [-0.39, 0.29) is 6.54 Å². The molecule has 1 rings (SSSR count). The number of amides is 2. The van der Waals surface area contributed by atoms with Gasteiger partial charge in [0.05, 0.1) is 11.3 Å². The number of hydrogen-bond donors (Lipinski definition) is 3. The molecule has 5 nitrogen and oxygen atoms in total. The second kappa shape index (κ2) is 6.68. The molecule has 1 aromatic rings. The van der Waals surface area contributed by atoms with Gasteiger partial charge in [0.15, 0.2) is 0 Å². The fourth-order valence-corrected chi connectivity index (χ4v) is 1.60. The molecule has 0 unspecified atom stereocenters. The van der Waals surface area contributed by atoms with Crippen molar-refractivity contribution < 1.29 is 14.7 Å². The first-order valence-electron chi connectivity index (χ1n) is 5.92. The van der Waals surface area contributed by atoms with Crippen LogP contribution < -0.4 is 10.6 Å². The highest BCUT2D eigenvalue weighted by molar-refractivity contribution is 9.10. The fourth-order valence-electron chi connectivity index (χ4n) is 1.22. The number of benzene rings is 1. The summed E-state index contributed by atoms with van der Waals surface area (Å²) in [5.74, 6) is -1.54. The Labute approximate surface area is 120 Å². The monoisotopic (exact) mass is 328 g/mol. The van der Waals surface area contributed by atoms with E-state index in [0.29, 0.717) is 16.6 Å². The number of halogens is 1. The summed E-state index contributed by atoms with van der Waals surface area (Å²) >= 11 is 3.27. The number of carbonyl (C=O) groups is 2. The van der Waals surface area contributed by atoms with Crippen molar-refractivity contribution in [2.45, 2.75) is 25.9 Å². The van der Waals surface area contributed by atoms with Crippen LogP contribution in [0.5, 0.6) is 0 Å². The molecule has 1 aromatic carbocycles. The first-order valence-corrected chi connectivity index (χ1v) is 6.71. The van der Waals surface area contributed by atoms with Gasteiger partial charge in [0.25, 0.3) is 0 Å². The van der Waals surface area contributed by atoms with E-state index in [1.54, 1.807) is 38.1 Å². The van der Waals surface area contributed by atoms with Crippen molar-refractivity contribution in [2.24, 2.45) is 0 Å². The van der Waals surface area contributed by atoms with Crippen LogP contribution in [0.3, 0.4) is 0 Å². The molecule has 0 aliphatic rings. The lowest BCUT2D eigenvalue weighted by molar-refractivity contribution is -0.136. The van der Waals surface area contributed by atoms with Crippen LogP contribution in [-0.4, -0.2) is 29.1 Å². The smallest absolute Gasteiger partial charge is 0.313 e. The maximum atomic E-state index is 11.6. The Morgan fingerprint density at radius 1 is 1.32 bits per heavy atom. The Kier molecular flexibility index (Phi) is 5.50. The highest BCUT2D eigenvalue weighted by Gasteiger charge is 2.21. The summed E-state index contributed by atoms with van der Waals surface area (Å²) in [6.45, 7) is 3.43. The lowest BCUT2D eigenvalue weighted by Gasteiger charge is -2.21. The average molecular weight is 329 g/mol. The molecule has 0 spiro atoms. The quantitative estimate of drug-likeness (QED) is 0.735. The number of carbonyl (C=O) groups excluding carboxylic acids is 2. The van der Waals surface area contributed by atoms with E-state index < -0.39 is 17.4 Å². The molecule has 0 bridgehead atoms. The standard InChI is InChI=1S/C13H17BrN2O3/c1-3-13(2,19)8-15-11(17)12(18)16-10-7-5-4-6-9(10)14/h4-7,19H,3,8H2,1-2H3,(H,15,17)(H,16,18)/t13-/m0/s1. The molecular formula is C13H17BrN2O3. The predicted molar refractivity (Wildman–Crippen MR) is 76.7 cm³/mol. The summed E-state index contributed by atoms with van der Waals surface area (Å²) in [5, 5.41) is 14.6. The number of para-hydroxylation sites is 1. The predicted octanol–water partition coefficient (Wildman–Crippen LogP) is 1.66. The average Bonchev–Trinajstić information content (AvgIpc) is 2.38. The third-order valence-corrected chi connectivity index (χ3v) is 3.41. The van der Waals surface area contributed by atoms with Crippen molar-refractivity contribution in [2.75, 3.05) is 11.9 Å². The Morgan fingerprint density at radius 3 is 2.53 bits per heavy atom. The summed E-state index contributed by atoms with van der Waals surface area (Å²) < 4.78 is 0.691. The molecule has 104 valence electrons. The normalized spacial score (nSPS) is 13.5. The van der Waals surface area contributed by atoms with Gasteiger partial charge in [0.1, 0.15) is 0 Å². The van der Waals surface area contributed by atoms with Crippen LogP contribution in [0.4, 0.5) is 5.69 Å². The van der Waals surface area contributed by atoms with Gasteiger partial charge in [0.2, 0.25) is 0 Å². The minimum Gasteiger partial charge on any atom is -0.388 e. The molecule has 2 amide bonds. The fraction of sp³-hybridized carbons (Fsp3) is 0.385. The second-order valence-electron chi connectivity index (χ2n) is 4.47. The molecule has 0 saturated carbocycles. The minimum atomic E-state index is -1.01. The zero-order valence-corrected chi connectivity index (χ0v) is 12.5. The topological polar surface area (TPSA) is 78.4 Å². The number of rotatable bonds is 4. The van der Waals surface area contributed by atoms with Gasteiger partial charge < -0.3 is 15.7 Å². The van der Waals surface area contributed by atoms with Crippen LogP contribution in [0.25, 0.3) is 0 Å². The molecular weight excluding hydrogens is 312 g/mol. The third-order valence-electron chi connectivity index (χ3n) is 2.72. The lowest BCUT2D eigenvalue weighted by Crippen LogP contribution is -2.44. The first kappa shape index (κ1) is 15.7. The SMILES string of the molecule is CC[C@](C)(O)CNC(=O)C(=O)Nc1ccccc1Br. The molecule has 3 N–H and O–H groups in total. The van der Waals surface area contributed by atoms with E-state index in [9.17, 15) is 14.7 Å². The molecule has 0 aliphatic carbocycles. The van der Waals surface area contributed by atoms with Gasteiger partial charge in [0, 0.05) is 11.0 Å². The van der Waals surface area contributed by atoms with E-state index in [1.807, 2.05) is 0 Å². The molecule has 19 heavy (non-hydrogen) atoms. The maximum Gasteiger partial charge on any atom is 0.313 e. The summed E-state index contributed by atoms with van der Waals surface area (Å²) in [6.07, 6.45) is 0.485. The Balaban J connectivity index is 2.55. The van der Waals surface area contributed by atoms with Crippen LogP contribution in [0.1, 0.15) is 20.3 Å². The molecule has 0 radical (unpaired) electrons. The largest absolute Gasteiger partial charge is 0.388 e. The van der Waals surface area contributed by atoms with Crippen molar-refractivity contribution in [1.82, 2.24) is 5.32 Å². The highest BCUT2D eigenvalue weighted by atomic mass is 79.9. The van der Waals surface area contributed by atoms with Crippen LogP contribution in [0.15, 0.2) is 28.7 Å². The number of aliphatic hydroxyl groups is 1. The van der Waals surface area contributed by atoms with Gasteiger partial charge in [-0.1, -0.05) is 19.1 Å². The lowest BCUT2D eigenvalue weighted by atomic mass is 10.0. The molecule has 0 heterocycles. The van der Waals surface area contributed by atoms with Crippen LogP contribution in [-0.2, 0) is 9.59 Å². The van der Waals surface area contributed by atoms with Crippen LogP contribution in [0, 0.1) is 0 Å². The summed E-state index contributed by atoms with van der Waals surface area (Å²) in [4.78, 5) is 23.2. The first-order chi connectivity index (χ1) is 8.85. The molecule has 0 aromatic heterocycles. The number of nitrogens with one attached hydrogen (secondary N) is 2. The van der Waals surface area contributed by atoms with E-state index in [1.165, 1.54) is 0 Å². The Morgan fingerprint density at radius 2 is 1.95 bits per heavy atom. The second-order valence-corrected chi connectivity index (χ2v) is 5.32. The Bertz CT molecular complexity index is 475. The molecule has 1 atom stereocenters. The van der Waals surface area contributed by atoms with Gasteiger partial charge in [-0.25, -0.2) is 0 Å². The zero-order valence-electron chi connectivity index (χ0n) is 10.9. The molecule has 6 heteroatoms. The van der Waals surface area contributed by atoms with Crippen molar-refractivity contribution in [3.05, 3.63) is 28.7 Å². The third kappa shape index (κ3) is 5.00. The van der Waals surface area contributed by atoms with Crippen molar-refractivity contribution in [1.29, 1.82) is 0 Å². The zero-order chi connectivity index (χ0) is 14.5. The van der Waals surface area contributed by atoms with Crippen LogP contribution >= 0.6 is 15.9 Å². The Hall–Kier alpha value is -1.40. The van der Waals surface area contributed by atoms with E-state index in [0.717, 1.165) is 0 Å². The van der Waals surface area contributed by atoms with E-state index in [4.69, 9.17) is 0 Å².